The summed E-state index contributed by atoms with van der Waals surface area (Å²) in [7, 11) is 0. The molecule has 0 unspecified atom stereocenters. The Balaban J connectivity index is 2.27. The molecule has 1 aliphatic carbocycles. The molecule has 0 amide bonds. The Hall–Kier alpha value is -1.39. The van der Waals surface area contributed by atoms with E-state index in [0.29, 0.717) is 11.6 Å². The molecule has 0 N–H and O–H groups in total. The van der Waals surface area contributed by atoms with Gasteiger partial charge >= 0.3 is 5.82 Å². The van der Waals surface area contributed by atoms with Crippen LogP contribution in [0.25, 0.3) is 0 Å². The molecule has 0 saturated heterocycles. The van der Waals surface area contributed by atoms with E-state index in [1.807, 2.05) is 0 Å². The average molecular weight is 181 g/mol. The summed E-state index contributed by atoms with van der Waals surface area (Å²) in [5, 5.41) is 10.7. The van der Waals surface area contributed by atoms with E-state index < -0.39 is 0 Å². The van der Waals surface area contributed by atoms with Gasteiger partial charge in [0.15, 0.2) is 6.33 Å². The molecule has 0 bridgehead atoms. The molecule has 5 heteroatoms. The van der Waals surface area contributed by atoms with Gasteiger partial charge in [-0.2, -0.15) is 0 Å². The normalized spacial score (nSPS) is 16.1. The van der Waals surface area contributed by atoms with Gasteiger partial charge in [-0.3, -0.25) is 0 Å². The lowest BCUT2D eigenvalue weighted by Crippen LogP contribution is -2.03. The summed E-state index contributed by atoms with van der Waals surface area (Å²) in [4.78, 5) is 14.2. The smallest absolute Gasteiger partial charge is 0.345 e. The van der Waals surface area contributed by atoms with Crippen LogP contribution >= 0.6 is 0 Å². The fourth-order valence-corrected chi connectivity index (χ4v) is 1.43. The quantitative estimate of drug-likeness (QED) is 0.524. The van der Waals surface area contributed by atoms with Gasteiger partial charge in [0.1, 0.15) is 5.69 Å². The molecule has 1 fully saturated rings. The third kappa shape index (κ3) is 1.54. The highest BCUT2D eigenvalue weighted by atomic mass is 16.6. The van der Waals surface area contributed by atoms with Gasteiger partial charge in [-0.25, -0.2) is 9.55 Å². The first-order chi connectivity index (χ1) is 6.18. The van der Waals surface area contributed by atoms with E-state index in [2.05, 4.69) is 4.98 Å². The number of hydrogen-bond acceptors (Lipinski definition) is 3. The van der Waals surface area contributed by atoms with Crippen molar-refractivity contribution in [1.82, 2.24) is 9.55 Å². The maximum absolute atomic E-state index is 10.7. The third-order valence-corrected chi connectivity index (χ3v) is 2.31. The van der Waals surface area contributed by atoms with Gasteiger partial charge in [-0.15, -0.1) is 0 Å². The zero-order valence-electron chi connectivity index (χ0n) is 7.43. The van der Waals surface area contributed by atoms with Crippen molar-refractivity contribution in [3.63, 3.8) is 0 Å². The van der Waals surface area contributed by atoms with E-state index >= 15 is 0 Å². The fraction of sp³-hybridized carbons (Fsp3) is 0.625. The molecule has 2 rings (SSSR count). The van der Waals surface area contributed by atoms with Crippen LogP contribution in [0.5, 0.6) is 0 Å². The maximum atomic E-state index is 10.7. The van der Waals surface area contributed by atoms with E-state index in [1.165, 1.54) is 12.8 Å². The lowest BCUT2D eigenvalue weighted by molar-refractivity contribution is -0.392. The minimum Gasteiger partial charge on any atom is -0.358 e. The lowest BCUT2D eigenvalue weighted by Gasteiger charge is -1.98. The van der Waals surface area contributed by atoms with Crippen molar-refractivity contribution < 1.29 is 4.92 Å². The minimum atomic E-state index is -0.356. The van der Waals surface area contributed by atoms with E-state index in [9.17, 15) is 10.1 Å². The highest BCUT2D eigenvalue weighted by molar-refractivity contribution is 5.26. The summed E-state index contributed by atoms with van der Waals surface area (Å²) in [5.74, 6) is 0.777. The number of rotatable bonds is 3. The molecular weight excluding hydrogens is 170 g/mol. The number of nitro groups is 1. The van der Waals surface area contributed by atoms with Gasteiger partial charge < -0.3 is 10.1 Å². The summed E-state index contributed by atoms with van der Waals surface area (Å²) in [6.45, 7) is 2.42. The maximum Gasteiger partial charge on any atom is 0.345 e. The number of aryl methyl sites for hydroxylation is 1. The number of imidazole rings is 1. The Labute approximate surface area is 75.5 Å². The molecule has 5 nitrogen and oxygen atoms in total. The summed E-state index contributed by atoms with van der Waals surface area (Å²) in [6, 6.07) is 0. The molecule has 0 spiro atoms. The van der Waals surface area contributed by atoms with Crippen LogP contribution in [0.1, 0.15) is 18.5 Å². The van der Waals surface area contributed by atoms with Crippen molar-refractivity contribution in [1.29, 1.82) is 0 Å². The molecule has 1 aromatic heterocycles. The van der Waals surface area contributed by atoms with Gasteiger partial charge in [-0.05, 0) is 30.6 Å². The van der Waals surface area contributed by atoms with Crippen molar-refractivity contribution >= 4 is 5.82 Å². The second-order valence-corrected chi connectivity index (χ2v) is 3.51. The van der Waals surface area contributed by atoms with Crippen molar-refractivity contribution in [3.8, 4) is 0 Å². The van der Waals surface area contributed by atoms with Crippen LogP contribution in [0.2, 0.25) is 0 Å². The van der Waals surface area contributed by atoms with Crippen molar-refractivity contribution in [2.24, 2.45) is 5.92 Å². The second kappa shape index (κ2) is 2.83. The van der Waals surface area contributed by atoms with Crippen LogP contribution in [0.4, 0.5) is 5.82 Å². The van der Waals surface area contributed by atoms with Crippen molar-refractivity contribution in [2.45, 2.75) is 26.3 Å². The molecule has 0 atom stereocenters. The molecule has 0 aromatic carbocycles. The Morgan fingerprint density at radius 3 is 3.00 bits per heavy atom. The van der Waals surface area contributed by atoms with Crippen LogP contribution in [0.3, 0.4) is 0 Å². The molecule has 1 aromatic rings. The summed E-state index contributed by atoms with van der Waals surface area (Å²) < 4.78 is 1.65. The predicted octanol–water partition coefficient (Wildman–Crippen LogP) is 1.51. The Morgan fingerprint density at radius 1 is 1.77 bits per heavy atom. The van der Waals surface area contributed by atoms with Gasteiger partial charge in [0.05, 0.1) is 6.54 Å². The Morgan fingerprint density at radius 2 is 2.46 bits per heavy atom. The highest BCUT2D eigenvalue weighted by Crippen LogP contribution is 2.32. The van der Waals surface area contributed by atoms with Crippen molar-refractivity contribution in [3.05, 3.63) is 22.1 Å². The van der Waals surface area contributed by atoms with Crippen LogP contribution < -0.4 is 0 Å². The average Bonchev–Trinajstić information content (AvgIpc) is 2.76. The summed E-state index contributed by atoms with van der Waals surface area (Å²) in [5.41, 5.74) is 0.505. The van der Waals surface area contributed by atoms with Crippen LogP contribution in [0.15, 0.2) is 6.33 Å². The van der Waals surface area contributed by atoms with Gasteiger partial charge in [0.2, 0.25) is 0 Å². The molecule has 1 heterocycles. The Kier molecular flexibility index (Phi) is 1.79. The summed E-state index contributed by atoms with van der Waals surface area (Å²) >= 11 is 0. The summed E-state index contributed by atoms with van der Waals surface area (Å²) in [6.07, 6.45) is 3.94. The number of aromatic nitrogens is 2. The molecular formula is C8H11N3O2. The predicted molar refractivity (Wildman–Crippen MR) is 46.3 cm³/mol. The fourth-order valence-electron chi connectivity index (χ4n) is 1.43. The van der Waals surface area contributed by atoms with Crippen molar-refractivity contribution in [2.75, 3.05) is 0 Å². The first kappa shape index (κ1) is 8.22. The molecule has 0 aliphatic heterocycles. The molecule has 1 saturated carbocycles. The molecule has 0 radical (unpaired) electrons. The van der Waals surface area contributed by atoms with Crippen LogP contribution in [-0.4, -0.2) is 14.5 Å². The van der Waals surface area contributed by atoms with E-state index in [1.54, 1.807) is 17.8 Å². The second-order valence-electron chi connectivity index (χ2n) is 3.51. The number of nitrogens with zero attached hydrogens (tertiary/aromatic N) is 3. The monoisotopic (exact) mass is 181 g/mol. The molecule has 13 heavy (non-hydrogen) atoms. The van der Waals surface area contributed by atoms with E-state index in [0.717, 1.165) is 6.54 Å². The van der Waals surface area contributed by atoms with Crippen LogP contribution in [0, 0.1) is 23.0 Å². The standard InChI is InChI=1S/C8H11N3O2/c1-6-8(11(12)13)10(5-9-6)4-7-2-3-7/h5,7H,2-4H2,1H3. The topological polar surface area (TPSA) is 61.0 Å². The zero-order valence-corrected chi connectivity index (χ0v) is 7.43. The Bertz CT molecular complexity index is 341. The SMILES string of the molecule is Cc1ncn(CC2CC2)c1[N+](=O)[O-]. The van der Waals surface area contributed by atoms with Gasteiger partial charge in [-0.1, -0.05) is 0 Å². The zero-order chi connectivity index (χ0) is 9.42. The lowest BCUT2D eigenvalue weighted by atomic mass is 10.4. The number of hydrogen-bond donors (Lipinski definition) is 0. The molecule has 1 aliphatic rings. The largest absolute Gasteiger partial charge is 0.358 e. The first-order valence-corrected chi connectivity index (χ1v) is 4.34. The van der Waals surface area contributed by atoms with E-state index in [-0.39, 0.29) is 10.7 Å². The first-order valence-electron chi connectivity index (χ1n) is 4.34. The third-order valence-electron chi connectivity index (χ3n) is 2.31. The van der Waals surface area contributed by atoms with Gasteiger partial charge in [0, 0.05) is 0 Å². The van der Waals surface area contributed by atoms with Gasteiger partial charge in [0.25, 0.3) is 0 Å². The van der Waals surface area contributed by atoms with Crippen LogP contribution in [-0.2, 0) is 6.54 Å². The minimum absolute atomic E-state index is 0.145. The van der Waals surface area contributed by atoms with E-state index in [4.69, 9.17) is 0 Å². The highest BCUT2D eigenvalue weighted by Gasteiger charge is 2.28. The molecule has 70 valence electrons.